The molecule has 2 aromatic carbocycles. The Morgan fingerprint density at radius 3 is 2.41 bits per heavy atom. The summed E-state index contributed by atoms with van der Waals surface area (Å²) in [4.78, 5) is 18.4. The molecule has 1 unspecified atom stereocenters. The molecular weight excluding hydrogens is 382 g/mol. The molecule has 0 spiro atoms. The lowest BCUT2D eigenvalue weighted by Crippen LogP contribution is -3.08. The number of quaternary nitrogens is 1. The highest BCUT2D eigenvalue weighted by Crippen LogP contribution is 2.25. The average Bonchev–Trinajstić information content (AvgIpc) is 3.13. The lowest BCUT2D eigenvalue weighted by atomic mass is 10.1. The van der Waals surface area contributed by atoms with Crippen molar-refractivity contribution in [2.24, 2.45) is 0 Å². The Labute approximate surface area is 176 Å². The first-order chi connectivity index (χ1) is 13.9. The number of hydrogen-bond acceptors (Lipinski definition) is 4. The zero-order valence-corrected chi connectivity index (χ0v) is 18.4. The van der Waals surface area contributed by atoms with Gasteiger partial charge in [-0.05, 0) is 56.2 Å². The number of methoxy groups -OCH3 is 1. The number of hydrogen-bond donors (Lipinski definition) is 2. The van der Waals surface area contributed by atoms with E-state index in [2.05, 4.69) is 29.8 Å². The van der Waals surface area contributed by atoms with Crippen LogP contribution in [0.15, 0.2) is 41.8 Å². The fourth-order valence-corrected chi connectivity index (χ4v) is 4.29. The summed E-state index contributed by atoms with van der Waals surface area (Å²) in [6.07, 6.45) is 0. The molecule has 1 aromatic heterocycles. The number of nitrogens with one attached hydrogen (secondary N) is 2. The predicted molar refractivity (Wildman–Crippen MR) is 119 cm³/mol. The highest BCUT2D eigenvalue weighted by atomic mass is 32.1. The lowest BCUT2D eigenvalue weighted by molar-refractivity contribution is -0.885. The van der Waals surface area contributed by atoms with Crippen LogP contribution in [0.3, 0.4) is 0 Å². The summed E-state index contributed by atoms with van der Waals surface area (Å²) in [7, 11) is 3.67. The smallest absolute Gasteiger partial charge is 0.279 e. The van der Waals surface area contributed by atoms with E-state index in [0.29, 0.717) is 13.1 Å². The van der Waals surface area contributed by atoms with Crippen LogP contribution >= 0.6 is 11.3 Å². The Balaban J connectivity index is 1.59. The highest BCUT2D eigenvalue weighted by Gasteiger charge is 2.15. The van der Waals surface area contributed by atoms with Gasteiger partial charge in [-0.3, -0.25) is 4.79 Å². The van der Waals surface area contributed by atoms with E-state index < -0.39 is 0 Å². The van der Waals surface area contributed by atoms with E-state index in [1.165, 1.54) is 5.56 Å². The van der Waals surface area contributed by atoms with E-state index >= 15 is 0 Å². The molecule has 1 atom stereocenters. The van der Waals surface area contributed by atoms with Crippen LogP contribution in [0.1, 0.15) is 22.4 Å². The van der Waals surface area contributed by atoms with Crippen LogP contribution in [-0.2, 0) is 11.3 Å². The lowest BCUT2D eigenvalue weighted by Gasteiger charge is -2.15. The molecule has 1 heterocycles. The summed E-state index contributed by atoms with van der Waals surface area (Å²) in [6.45, 7) is 7.22. The van der Waals surface area contributed by atoms with Crippen molar-refractivity contribution in [3.8, 4) is 16.3 Å². The summed E-state index contributed by atoms with van der Waals surface area (Å²) in [5, 5.41) is 6.12. The van der Waals surface area contributed by atoms with Gasteiger partial charge in [-0.2, -0.15) is 0 Å². The highest BCUT2D eigenvalue weighted by molar-refractivity contribution is 7.13. The number of rotatable bonds is 7. The number of aromatic nitrogens is 1. The van der Waals surface area contributed by atoms with Crippen molar-refractivity contribution in [2.45, 2.75) is 27.3 Å². The number of thiazole rings is 1. The molecule has 2 N–H and O–H groups in total. The van der Waals surface area contributed by atoms with Gasteiger partial charge >= 0.3 is 0 Å². The minimum absolute atomic E-state index is 0.0168. The first-order valence-corrected chi connectivity index (χ1v) is 10.5. The van der Waals surface area contributed by atoms with Crippen molar-refractivity contribution >= 4 is 22.9 Å². The number of likely N-dealkylation sites (N-methyl/N-ethyl adjacent to an activating group) is 1. The van der Waals surface area contributed by atoms with E-state index in [0.717, 1.165) is 43.7 Å². The molecule has 5 nitrogen and oxygen atoms in total. The number of benzene rings is 2. The third-order valence-electron chi connectivity index (χ3n) is 4.78. The number of carbonyl (C=O) groups is 1. The summed E-state index contributed by atoms with van der Waals surface area (Å²) in [5.74, 6) is 0.850. The van der Waals surface area contributed by atoms with Gasteiger partial charge in [0.1, 0.15) is 23.0 Å². The molecule has 0 fully saturated rings. The number of ether oxygens (including phenoxy) is 1. The zero-order valence-electron chi connectivity index (χ0n) is 17.6. The van der Waals surface area contributed by atoms with Crippen LogP contribution in [0.25, 0.3) is 10.6 Å². The third-order valence-corrected chi connectivity index (χ3v) is 5.72. The quantitative estimate of drug-likeness (QED) is 0.628. The van der Waals surface area contributed by atoms with Crippen molar-refractivity contribution < 1.29 is 14.4 Å². The first-order valence-electron chi connectivity index (χ1n) is 9.63. The van der Waals surface area contributed by atoms with Crippen LogP contribution in [0, 0.1) is 20.8 Å². The molecule has 152 valence electrons. The van der Waals surface area contributed by atoms with Crippen LogP contribution in [0.4, 0.5) is 5.69 Å². The molecule has 0 aliphatic rings. The molecule has 0 aliphatic heterocycles. The predicted octanol–water partition coefficient (Wildman–Crippen LogP) is 3.40. The first kappa shape index (κ1) is 21.0. The Hall–Kier alpha value is -2.70. The topological polar surface area (TPSA) is 55.7 Å². The number of aryl methyl sites for hydroxylation is 3. The maximum atomic E-state index is 12.5. The Morgan fingerprint density at radius 1 is 1.14 bits per heavy atom. The number of carbonyl (C=O) groups excluding carboxylic acids is 1. The van der Waals surface area contributed by atoms with Gasteiger partial charge in [0.05, 0.1) is 14.2 Å². The van der Waals surface area contributed by atoms with Crippen molar-refractivity contribution in [3.63, 3.8) is 0 Å². The van der Waals surface area contributed by atoms with Gasteiger partial charge in [0.25, 0.3) is 5.91 Å². The number of nitrogens with zero attached hydrogens (tertiary/aromatic N) is 1. The number of amides is 1. The van der Waals surface area contributed by atoms with E-state index in [1.807, 2.05) is 45.2 Å². The second-order valence-corrected chi connectivity index (χ2v) is 8.36. The molecular formula is C23H28N3O2S+. The zero-order chi connectivity index (χ0) is 21.0. The monoisotopic (exact) mass is 410 g/mol. The minimum atomic E-state index is 0.0168. The molecule has 0 saturated heterocycles. The van der Waals surface area contributed by atoms with E-state index in [9.17, 15) is 4.79 Å². The fourth-order valence-electron chi connectivity index (χ4n) is 3.46. The van der Waals surface area contributed by atoms with Gasteiger partial charge in [0.2, 0.25) is 0 Å². The van der Waals surface area contributed by atoms with Gasteiger partial charge in [-0.25, -0.2) is 4.98 Å². The molecule has 0 aliphatic carbocycles. The Bertz CT molecular complexity index is 973. The Morgan fingerprint density at radius 2 is 1.79 bits per heavy atom. The molecule has 3 aromatic rings. The van der Waals surface area contributed by atoms with E-state index in [4.69, 9.17) is 9.72 Å². The van der Waals surface area contributed by atoms with Gasteiger partial charge < -0.3 is 15.0 Å². The van der Waals surface area contributed by atoms with Gasteiger partial charge in [0, 0.05) is 16.6 Å². The van der Waals surface area contributed by atoms with Crippen LogP contribution in [0.5, 0.6) is 5.75 Å². The van der Waals surface area contributed by atoms with Crippen LogP contribution in [0.2, 0.25) is 0 Å². The molecule has 29 heavy (non-hydrogen) atoms. The molecule has 0 saturated carbocycles. The normalized spacial score (nSPS) is 11.9. The van der Waals surface area contributed by atoms with Crippen molar-refractivity contribution in [1.29, 1.82) is 0 Å². The SMILES string of the molecule is COc1ccc(-c2nc(C[NH+](C)CC(=O)Nc3c(C)cc(C)cc3C)cs2)cc1. The Kier molecular flexibility index (Phi) is 6.67. The molecule has 0 bridgehead atoms. The summed E-state index contributed by atoms with van der Waals surface area (Å²) in [6, 6.07) is 12.1. The maximum absolute atomic E-state index is 12.5. The molecule has 1 amide bonds. The largest absolute Gasteiger partial charge is 0.497 e. The second kappa shape index (κ2) is 9.20. The van der Waals surface area contributed by atoms with Crippen LogP contribution < -0.4 is 15.0 Å². The minimum Gasteiger partial charge on any atom is -0.497 e. The van der Waals surface area contributed by atoms with E-state index in [-0.39, 0.29) is 5.91 Å². The molecule has 3 rings (SSSR count). The van der Waals surface area contributed by atoms with Crippen molar-refractivity contribution in [3.05, 3.63) is 64.2 Å². The standard InChI is InChI=1S/C23H27N3O2S/c1-15-10-16(2)22(17(3)11-15)25-21(27)13-26(4)12-19-14-29-23(24-19)18-6-8-20(28-5)9-7-18/h6-11,14H,12-13H2,1-5H3,(H,25,27)/p+1. The number of anilines is 1. The van der Waals surface area contributed by atoms with Gasteiger partial charge in [-0.15, -0.1) is 11.3 Å². The summed E-state index contributed by atoms with van der Waals surface area (Å²) >= 11 is 1.62. The van der Waals surface area contributed by atoms with Crippen molar-refractivity contribution in [2.75, 3.05) is 26.0 Å². The van der Waals surface area contributed by atoms with Gasteiger partial charge in [0.15, 0.2) is 6.54 Å². The second-order valence-electron chi connectivity index (χ2n) is 7.51. The average molecular weight is 411 g/mol. The van der Waals surface area contributed by atoms with E-state index in [1.54, 1.807) is 18.4 Å². The van der Waals surface area contributed by atoms with Crippen LogP contribution in [-0.4, -0.2) is 31.6 Å². The van der Waals surface area contributed by atoms with Crippen molar-refractivity contribution in [1.82, 2.24) is 4.98 Å². The maximum Gasteiger partial charge on any atom is 0.279 e. The summed E-state index contributed by atoms with van der Waals surface area (Å²) < 4.78 is 5.20. The fraction of sp³-hybridized carbons (Fsp3) is 0.304. The summed E-state index contributed by atoms with van der Waals surface area (Å²) in [5.41, 5.74) is 6.38. The molecule has 0 radical (unpaired) electrons. The van der Waals surface area contributed by atoms with Gasteiger partial charge in [-0.1, -0.05) is 17.7 Å². The third kappa shape index (κ3) is 5.43. The molecule has 6 heteroatoms.